The molecule has 1 aromatic carbocycles. The number of ether oxygens (including phenoxy) is 1. The van der Waals surface area contributed by atoms with Gasteiger partial charge in [-0.1, -0.05) is 24.1 Å². The van der Waals surface area contributed by atoms with E-state index in [1.807, 2.05) is 84.9 Å². The zero-order valence-corrected chi connectivity index (χ0v) is 23.7. The highest BCUT2D eigenvalue weighted by molar-refractivity contribution is 6.03. The summed E-state index contributed by atoms with van der Waals surface area (Å²) in [6.07, 6.45) is 6.81. The van der Waals surface area contributed by atoms with Crippen molar-refractivity contribution in [3.8, 4) is 34.6 Å². The Morgan fingerprint density at radius 1 is 1.15 bits per heavy atom. The van der Waals surface area contributed by atoms with E-state index in [-0.39, 0.29) is 11.8 Å². The number of aromatic nitrogens is 4. The summed E-state index contributed by atoms with van der Waals surface area (Å²) in [4.78, 5) is 29.6. The fourth-order valence-electron chi connectivity index (χ4n) is 5.62. The van der Waals surface area contributed by atoms with Crippen molar-refractivity contribution in [2.24, 2.45) is 24.8 Å². The first-order valence-corrected chi connectivity index (χ1v) is 13.7. The fourth-order valence-corrected chi connectivity index (χ4v) is 5.62. The molecule has 2 aliphatic rings. The molecule has 41 heavy (non-hydrogen) atoms. The lowest BCUT2D eigenvalue weighted by Gasteiger charge is -2.16. The Morgan fingerprint density at radius 2 is 1.90 bits per heavy atom. The molecule has 0 bridgehead atoms. The average molecular weight is 548 g/mol. The highest BCUT2D eigenvalue weighted by Crippen LogP contribution is 2.51. The molecule has 4 aromatic rings. The number of carbonyl (C=O) groups is 1. The maximum Gasteiger partial charge on any atom is 0.246 e. The number of carbonyl (C=O) groups excluding carboxylic acids is 1. The summed E-state index contributed by atoms with van der Waals surface area (Å²) in [7, 11) is 5.93. The van der Waals surface area contributed by atoms with Crippen LogP contribution in [0.15, 0.2) is 61.1 Å². The summed E-state index contributed by atoms with van der Waals surface area (Å²) >= 11 is 0. The smallest absolute Gasteiger partial charge is 0.246 e. The minimum atomic E-state index is 0.0846. The van der Waals surface area contributed by atoms with Gasteiger partial charge in [0, 0.05) is 56.5 Å². The third-order valence-electron chi connectivity index (χ3n) is 7.85. The van der Waals surface area contributed by atoms with Gasteiger partial charge in [-0.05, 0) is 68.1 Å². The zero-order chi connectivity index (χ0) is 28.7. The van der Waals surface area contributed by atoms with Crippen LogP contribution in [0.3, 0.4) is 0 Å². The van der Waals surface area contributed by atoms with Gasteiger partial charge >= 0.3 is 0 Å². The molecule has 1 saturated carbocycles. The van der Waals surface area contributed by atoms with Gasteiger partial charge in [0.05, 0.1) is 5.39 Å². The summed E-state index contributed by atoms with van der Waals surface area (Å²) in [6, 6.07) is 11.7. The summed E-state index contributed by atoms with van der Waals surface area (Å²) in [6.45, 7) is 4.27. The Balaban J connectivity index is 1.25. The van der Waals surface area contributed by atoms with Crippen LogP contribution in [-0.4, -0.2) is 69.0 Å². The van der Waals surface area contributed by atoms with E-state index in [1.54, 1.807) is 12.3 Å². The Morgan fingerprint density at radius 3 is 2.61 bits per heavy atom. The first-order valence-electron chi connectivity index (χ1n) is 13.7. The van der Waals surface area contributed by atoms with Crippen LogP contribution in [0.1, 0.15) is 11.3 Å². The predicted octanol–water partition coefficient (Wildman–Crippen LogP) is 3.89. The van der Waals surface area contributed by atoms with Gasteiger partial charge in [-0.15, -0.1) is 0 Å². The Bertz CT molecular complexity index is 1700. The molecular weight excluding hydrogens is 514 g/mol. The third kappa shape index (κ3) is 5.26. The lowest BCUT2D eigenvalue weighted by Crippen LogP contribution is -2.30. The van der Waals surface area contributed by atoms with E-state index in [9.17, 15) is 4.79 Å². The van der Waals surface area contributed by atoms with Crippen LogP contribution in [0.25, 0.3) is 22.2 Å². The Labute approximate surface area is 239 Å². The molecule has 1 aliphatic carbocycles. The number of pyridine rings is 1. The summed E-state index contributed by atoms with van der Waals surface area (Å²) < 4.78 is 7.94. The minimum absolute atomic E-state index is 0.0846. The van der Waals surface area contributed by atoms with Crippen LogP contribution in [-0.2, 0) is 11.8 Å². The van der Waals surface area contributed by atoms with E-state index in [4.69, 9.17) is 10.5 Å². The number of fused-ring (bicyclic) bond motifs is 2. The maximum atomic E-state index is 12.5. The Hall–Kier alpha value is -4.68. The maximum absolute atomic E-state index is 12.5. The molecule has 9 nitrogen and oxygen atoms in total. The number of hydrogen-bond acceptors (Lipinski definition) is 7. The first kappa shape index (κ1) is 26.5. The van der Waals surface area contributed by atoms with Crippen molar-refractivity contribution in [2.45, 2.75) is 6.92 Å². The molecule has 2 fully saturated rings. The topological polar surface area (TPSA) is 102 Å². The van der Waals surface area contributed by atoms with Crippen LogP contribution in [0.5, 0.6) is 11.6 Å². The van der Waals surface area contributed by atoms with E-state index in [0.29, 0.717) is 29.3 Å². The summed E-state index contributed by atoms with van der Waals surface area (Å²) in [5.41, 5.74) is 10.9. The second kappa shape index (κ2) is 10.7. The zero-order valence-electron chi connectivity index (χ0n) is 23.7. The van der Waals surface area contributed by atoms with Gasteiger partial charge in [-0.2, -0.15) is 0 Å². The van der Waals surface area contributed by atoms with E-state index in [1.165, 1.54) is 6.33 Å². The highest BCUT2D eigenvalue weighted by atomic mass is 16.5. The molecule has 1 aliphatic heterocycles. The molecule has 4 heterocycles. The number of piperidine rings is 1. The van der Waals surface area contributed by atoms with Crippen molar-refractivity contribution in [3.05, 3.63) is 72.3 Å². The van der Waals surface area contributed by atoms with Gasteiger partial charge in [-0.25, -0.2) is 15.0 Å². The summed E-state index contributed by atoms with van der Waals surface area (Å²) in [5.74, 6) is 9.83. The molecule has 0 unspecified atom stereocenters. The standard InChI is InChI=1S/C32H33N7O2/c1-20-13-14-34-27(16-20)41-22-9-7-21(8-10-22)29-26(38(4)32-30(29)31(33)35-19-36-32)12-11-23-24-17-39(18-25(23)24)28(40)6-5-15-37(2)3/h5-10,13-14,16,19,23-25H,15,17-18H2,1-4H3,(H2,33,35,36)/b6-5+/t23-,24-,25+. The second-order valence-corrected chi connectivity index (χ2v) is 11.1. The molecule has 3 aromatic heterocycles. The van der Waals surface area contributed by atoms with E-state index < -0.39 is 0 Å². The van der Waals surface area contributed by atoms with Gasteiger partial charge in [0.25, 0.3) is 0 Å². The molecular formula is C32H33N7O2. The van der Waals surface area contributed by atoms with Gasteiger partial charge in [0.15, 0.2) is 0 Å². The number of likely N-dealkylation sites (tertiary alicyclic amines) is 1. The van der Waals surface area contributed by atoms with Crippen LogP contribution in [0.2, 0.25) is 0 Å². The van der Waals surface area contributed by atoms with E-state index in [2.05, 4.69) is 26.8 Å². The molecule has 9 heteroatoms. The number of nitrogens with two attached hydrogens (primary N) is 1. The van der Waals surface area contributed by atoms with Crippen molar-refractivity contribution in [1.82, 2.24) is 29.3 Å². The van der Waals surface area contributed by atoms with Gasteiger partial charge in [-0.3, -0.25) is 4.79 Å². The van der Waals surface area contributed by atoms with Crippen LogP contribution in [0, 0.1) is 36.5 Å². The van der Waals surface area contributed by atoms with Gasteiger partial charge in [0.2, 0.25) is 11.8 Å². The summed E-state index contributed by atoms with van der Waals surface area (Å²) in [5, 5.41) is 0.783. The largest absolute Gasteiger partial charge is 0.439 e. The normalized spacial score (nSPS) is 19.4. The van der Waals surface area contributed by atoms with Gasteiger partial charge < -0.3 is 24.8 Å². The average Bonchev–Trinajstić information content (AvgIpc) is 3.24. The Kier molecular flexibility index (Phi) is 6.93. The lowest BCUT2D eigenvalue weighted by atomic mass is 10.0. The molecule has 0 radical (unpaired) electrons. The monoisotopic (exact) mass is 547 g/mol. The number of benzene rings is 1. The van der Waals surface area contributed by atoms with E-state index in [0.717, 1.165) is 53.1 Å². The van der Waals surface area contributed by atoms with Crippen LogP contribution in [0.4, 0.5) is 5.82 Å². The SMILES string of the molecule is Cc1ccnc(Oc2ccc(-c3c(C#C[C@@H]4[C@H]5CN(C(=O)/C=C/CN(C)C)C[C@@H]45)n(C)c4ncnc(N)c34)cc2)c1. The number of nitrogens with zero attached hydrogens (tertiary/aromatic N) is 6. The third-order valence-corrected chi connectivity index (χ3v) is 7.85. The van der Waals surface area contributed by atoms with Crippen molar-refractivity contribution in [2.75, 3.05) is 39.5 Å². The number of hydrogen-bond donors (Lipinski definition) is 1. The highest BCUT2D eigenvalue weighted by Gasteiger charge is 2.55. The molecule has 0 spiro atoms. The second-order valence-electron chi connectivity index (χ2n) is 11.1. The van der Waals surface area contributed by atoms with Crippen molar-refractivity contribution in [3.63, 3.8) is 0 Å². The molecule has 3 atom stereocenters. The number of likely N-dealkylation sites (N-methyl/N-ethyl adjacent to an activating group) is 1. The van der Waals surface area contributed by atoms with Crippen molar-refractivity contribution >= 4 is 22.8 Å². The van der Waals surface area contributed by atoms with Crippen LogP contribution >= 0.6 is 0 Å². The number of anilines is 1. The molecule has 6 rings (SSSR count). The number of amides is 1. The molecule has 1 amide bonds. The number of aryl methyl sites for hydroxylation is 2. The number of nitrogen functional groups attached to an aromatic ring is 1. The quantitative estimate of drug-likeness (QED) is 0.289. The first-order chi connectivity index (χ1) is 19.8. The van der Waals surface area contributed by atoms with Crippen LogP contribution < -0.4 is 10.5 Å². The molecule has 1 saturated heterocycles. The van der Waals surface area contributed by atoms with Crippen molar-refractivity contribution in [1.29, 1.82) is 0 Å². The van der Waals surface area contributed by atoms with Crippen molar-refractivity contribution < 1.29 is 9.53 Å². The minimum Gasteiger partial charge on any atom is -0.439 e. The molecule has 208 valence electrons. The van der Waals surface area contributed by atoms with E-state index >= 15 is 0 Å². The van der Waals surface area contributed by atoms with Gasteiger partial charge in [0.1, 0.15) is 29.2 Å². The fraction of sp³-hybridized carbons (Fsp3) is 0.312. The molecule has 2 N–H and O–H groups in total. The number of rotatable bonds is 6. The predicted molar refractivity (Wildman–Crippen MR) is 159 cm³/mol. The lowest BCUT2D eigenvalue weighted by molar-refractivity contribution is -0.125.